The van der Waals surface area contributed by atoms with E-state index >= 15 is 0 Å². The first-order valence-electron chi connectivity index (χ1n) is 10.2. The molecule has 0 spiro atoms. The van der Waals surface area contributed by atoms with Crippen LogP contribution in [-0.2, 0) is 14.3 Å². The first-order chi connectivity index (χ1) is 15.4. The van der Waals surface area contributed by atoms with Gasteiger partial charge in [-0.2, -0.15) is 0 Å². The van der Waals surface area contributed by atoms with Crippen molar-refractivity contribution >= 4 is 35.2 Å². The lowest BCUT2D eigenvalue weighted by Crippen LogP contribution is -2.37. The van der Waals surface area contributed by atoms with E-state index in [0.29, 0.717) is 33.4 Å². The molecule has 0 bridgehead atoms. The summed E-state index contributed by atoms with van der Waals surface area (Å²) in [4.78, 5) is 49.7. The van der Waals surface area contributed by atoms with Gasteiger partial charge in [-0.3, -0.25) is 9.59 Å². The molecule has 2 atom stereocenters. The third-order valence-corrected chi connectivity index (χ3v) is 6.10. The number of thioether (sulfide) groups is 1. The number of carbonyl (C=O) groups is 2. The molecule has 32 heavy (non-hydrogen) atoms. The molecule has 0 saturated heterocycles. The molecule has 2 aromatic rings. The second-order valence-electron chi connectivity index (χ2n) is 7.20. The molecule has 0 amide bonds. The highest BCUT2D eigenvalue weighted by Crippen LogP contribution is 2.40. The highest BCUT2D eigenvalue weighted by atomic mass is 32.2. The topological polar surface area (TPSA) is 111 Å². The maximum atomic E-state index is 13.1. The van der Waals surface area contributed by atoms with Crippen LogP contribution in [0.4, 0.5) is 5.82 Å². The van der Waals surface area contributed by atoms with Crippen LogP contribution in [0.1, 0.15) is 47.7 Å². The maximum Gasteiger partial charge on any atom is 0.337 e. The summed E-state index contributed by atoms with van der Waals surface area (Å²) >= 11 is 1.44. The van der Waals surface area contributed by atoms with Crippen LogP contribution >= 0.6 is 11.8 Å². The minimum atomic E-state index is -0.816. The molecular weight excluding hydrogens is 430 g/mol. The minimum Gasteiger partial charge on any atom is -0.465 e. The fourth-order valence-electron chi connectivity index (χ4n) is 3.57. The van der Waals surface area contributed by atoms with E-state index in [1.165, 1.54) is 24.9 Å². The first kappa shape index (κ1) is 23.5. The summed E-state index contributed by atoms with van der Waals surface area (Å²) in [6.45, 7) is 7.38. The van der Waals surface area contributed by atoms with E-state index in [1.54, 1.807) is 31.2 Å². The predicted molar refractivity (Wildman–Crippen MR) is 123 cm³/mol. The third-order valence-electron chi connectivity index (χ3n) is 5.02. The number of aromatic amines is 1. The summed E-state index contributed by atoms with van der Waals surface area (Å²) in [6.07, 6.45) is 2.41. The maximum absolute atomic E-state index is 13.1. The van der Waals surface area contributed by atoms with Crippen molar-refractivity contribution in [2.24, 2.45) is 10.9 Å². The molecule has 168 valence electrons. The number of rotatable bonds is 8. The Bertz CT molecular complexity index is 1110. The largest absolute Gasteiger partial charge is 0.465 e. The Morgan fingerprint density at radius 3 is 2.62 bits per heavy atom. The third kappa shape index (κ3) is 4.83. The predicted octanol–water partition coefficient (Wildman–Crippen LogP) is 3.64. The van der Waals surface area contributed by atoms with Crippen molar-refractivity contribution in [1.82, 2.24) is 9.97 Å². The van der Waals surface area contributed by atoms with Gasteiger partial charge in [-0.15, -0.1) is 0 Å². The summed E-state index contributed by atoms with van der Waals surface area (Å²) in [5.74, 6) is -1.38. The van der Waals surface area contributed by atoms with Gasteiger partial charge in [0, 0.05) is 17.4 Å². The van der Waals surface area contributed by atoms with Gasteiger partial charge in [0.25, 0.3) is 5.56 Å². The number of nitrogens with one attached hydrogen (secondary N) is 1. The Morgan fingerprint density at radius 2 is 2.00 bits per heavy atom. The van der Waals surface area contributed by atoms with Gasteiger partial charge in [-0.1, -0.05) is 43.5 Å². The number of hydrogen-bond donors (Lipinski definition) is 1. The first-order valence-corrected chi connectivity index (χ1v) is 11.2. The quantitative estimate of drug-likeness (QED) is 0.280. The van der Waals surface area contributed by atoms with Crippen molar-refractivity contribution in [2.45, 2.75) is 31.3 Å². The van der Waals surface area contributed by atoms with Crippen LogP contribution in [0.25, 0.3) is 0 Å². The zero-order chi connectivity index (χ0) is 23.3. The fraction of sp³-hybridized carbons (Fsp3) is 0.348. The number of esters is 2. The summed E-state index contributed by atoms with van der Waals surface area (Å²) in [5, 5.41) is 0.486. The molecule has 1 aliphatic heterocycles. The van der Waals surface area contributed by atoms with Crippen LogP contribution in [-0.4, -0.2) is 47.1 Å². The van der Waals surface area contributed by atoms with Gasteiger partial charge in [0.15, 0.2) is 11.0 Å². The van der Waals surface area contributed by atoms with Gasteiger partial charge in [0.05, 0.1) is 18.2 Å². The van der Waals surface area contributed by atoms with Crippen LogP contribution in [0.5, 0.6) is 0 Å². The van der Waals surface area contributed by atoms with Crippen molar-refractivity contribution in [3.63, 3.8) is 0 Å². The Kier molecular flexibility index (Phi) is 7.63. The van der Waals surface area contributed by atoms with Crippen molar-refractivity contribution in [1.29, 1.82) is 0 Å². The molecule has 2 heterocycles. The molecule has 0 saturated carbocycles. The van der Waals surface area contributed by atoms with E-state index in [0.717, 1.165) is 12.2 Å². The monoisotopic (exact) mass is 455 g/mol. The molecule has 1 N–H and O–H groups in total. The number of methoxy groups -OCH3 is 1. The average Bonchev–Trinajstić information content (AvgIpc) is 2.79. The number of nitrogens with zero attached hydrogens (tertiary/aromatic N) is 2. The van der Waals surface area contributed by atoms with Gasteiger partial charge in [-0.05, 0) is 31.0 Å². The summed E-state index contributed by atoms with van der Waals surface area (Å²) < 4.78 is 10.1. The minimum absolute atomic E-state index is 0.0463. The van der Waals surface area contributed by atoms with Crippen molar-refractivity contribution < 1.29 is 19.1 Å². The summed E-state index contributed by atoms with van der Waals surface area (Å²) in [7, 11) is 1.30. The molecule has 3 rings (SSSR count). The smallest absolute Gasteiger partial charge is 0.337 e. The summed E-state index contributed by atoms with van der Waals surface area (Å²) in [5.41, 5.74) is 1.46. The second-order valence-corrected chi connectivity index (χ2v) is 8.28. The average molecular weight is 456 g/mol. The zero-order valence-corrected chi connectivity index (χ0v) is 19.0. The Labute approximate surface area is 190 Å². The number of hydrogen-bond acceptors (Lipinski definition) is 8. The van der Waals surface area contributed by atoms with E-state index < -0.39 is 23.8 Å². The second kappa shape index (κ2) is 10.4. The van der Waals surface area contributed by atoms with Crippen molar-refractivity contribution in [3.8, 4) is 0 Å². The number of aromatic nitrogens is 2. The van der Waals surface area contributed by atoms with Crippen LogP contribution in [0.15, 0.2) is 51.9 Å². The van der Waals surface area contributed by atoms with E-state index in [2.05, 4.69) is 21.5 Å². The zero-order valence-electron chi connectivity index (χ0n) is 18.2. The number of benzene rings is 1. The van der Waals surface area contributed by atoms with Crippen molar-refractivity contribution in [3.05, 3.63) is 64.0 Å². The van der Waals surface area contributed by atoms with E-state index in [1.807, 2.05) is 6.92 Å². The van der Waals surface area contributed by atoms with Gasteiger partial charge in [0.2, 0.25) is 0 Å². The Balaban J connectivity index is 2.14. The molecule has 0 radical (unpaired) electrons. The molecule has 0 aliphatic carbocycles. The highest BCUT2D eigenvalue weighted by molar-refractivity contribution is 7.99. The molecule has 9 heteroatoms. The van der Waals surface area contributed by atoms with Crippen LogP contribution in [0, 0.1) is 5.92 Å². The number of H-pyrrole nitrogens is 1. The molecule has 1 aliphatic rings. The molecule has 2 unspecified atom stereocenters. The van der Waals surface area contributed by atoms with Gasteiger partial charge < -0.3 is 14.5 Å². The normalized spacial score (nSPS) is 17.2. The van der Waals surface area contributed by atoms with E-state index in [9.17, 15) is 14.4 Å². The van der Waals surface area contributed by atoms with Crippen LogP contribution in [0.3, 0.4) is 0 Å². The van der Waals surface area contributed by atoms with E-state index in [-0.39, 0.29) is 12.2 Å². The molecule has 1 aromatic carbocycles. The van der Waals surface area contributed by atoms with Crippen LogP contribution in [0.2, 0.25) is 0 Å². The fourth-order valence-corrected chi connectivity index (χ4v) is 4.28. The van der Waals surface area contributed by atoms with Crippen LogP contribution < -0.4 is 5.56 Å². The van der Waals surface area contributed by atoms with Crippen molar-refractivity contribution in [2.75, 3.05) is 19.5 Å². The summed E-state index contributed by atoms with van der Waals surface area (Å²) in [6, 6.07) is 6.60. The Hall–Kier alpha value is -3.20. The molecule has 8 nitrogen and oxygen atoms in total. The SMILES string of the molecule is C=CCOC(=O)C1C(C)=Nc2nc(SCCC)[nH]c(=O)c2C1c1ccc(C(=O)OC)cc1. The highest BCUT2D eigenvalue weighted by Gasteiger charge is 2.41. The Morgan fingerprint density at radius 1 is 1.28 bits per heavy atom. The number of fused-ring (bicyclic) bond motifs is 1. The van der Waals surface area contributed by atoms with Gasteiger partial charge in [0.1, 0.15) is 12.5 Å². The molecule has 0 fully saturated rings. The standard InChI is InChI=1S/C23H25N3O5S/c1-5-11-31-22(29)16-13(3)24-19-18(20(27)26-23(25-19)32-12-6-2)17(16)14-7-9-15(10-8-14)21(28)30-4/h5,7-10,16-17H,1,6,11-12H2,2-4H3,(H,25,26,27). The van der Waals surface area contributed by atoms with E-state index in [4.69, 9.17) is 9.47 Å². The molecular formula is C23H25N3O5S. The molecule has 1 aromatic heterocycles. The lowest BCUT2D eigenvalue weighted by Gasteiger charge is -2.30. The number of ether oxygens (including phenoxy) is 2. The number of carbonyl (C=O) groups excluding carboxylic acids is 2. The number of aliphatic imine (C=N–C) groups is 1. The van der Waals surface area contributed by atoms with Gasteiger partial charge in [-0.25, -0.2) is 14.8 Å². The lowest BCUT2D eigenvalue weighted by atomic mass is 9.77. The lowest BCUT2D eigenvalue weighted by molar-refractivity contribution is -0.145. The van der Waals surface area contributed by atoms with Gasteiger partial charge >= 0.3 is 11.9 Å².